The van der Waals surface area contributed by atoms with Crippen molar-refractivity contribution in [3.8, 4) is 0 Å². The zero-order valence-corrected chi connectivity index (χ0v) is 12.0. The minimum atomic E-state index is 0.241. The Morgan fingerprint density at radius 1 is 1.42 bits per heavy atom. The number of pyridine rings is 1. The maximum Gasteiger partial charge on any atom is 0.128 e. The molecule has 1 fully saturated rings. The SMILES string of the molecule is CCC(N)Cc1ccc(N2CCC(OC)CC2)nc1. The average molecular weight is 263 g/mol. The minimum Gasteiger partial charge on any atom is -0.381 e. The third-order valence-corrected chi connectivity index (χ3v) is 3.93. The molecular formula is C15H25N3O. The van der Waals surface area contributed by atoms with Gasteiger partial charge in [0, 0.05) is 32.4 Å². The largest absolute Gasteiger partial charge is 0.381 e. The van der Waals surface area contributed by atoms with Gasteiger partial charge in [-0.05, 0) is 37.3 Å². The van der Waals surface area contributed by atoms with Gasteiger partial charge in [-0.2, -0.15) is 0 Å². The van der Waals surface area contributed by atoms with Crippen LogP contribution in [0.4, 0.5) is 5.82 Å². The topological polar surface area (TPSA) is 51.4 Å². The van der Waals surface area contributed by atoms with Crippen LogP contribution in [-0.4, -0.2) is 37.3 Å². The van der Waals surface area contributed by atoms with Gasteiger partial charge in [0.15, 0.2) is 0 Å². The summed E-state index contributed by atoms with van der Waals surface area (Å²) in [4.78, 5) is 6.90. The van der Waals surface area contributed by atoms with E-state index in [0.717, 1.165) is 44.6 Å². The molecule has 0 radical (unpaired) electrons. The highest BCUT2D eigenvalue weighted by Gasteiger charge is 2.19. The Hall–Kier alpha value is -1.13. The van der Waals surface area contributed by atoms with Crippen LogP contribution in [0.25, 0.3) is 0 Å². The van der Waals surface area contributed by atoms with Gasteiger partial charge in [-0.3, -0.25) is 0 Å². The first-order valence-electron chi connectivity index (χ1n) is 7.21. The van der Waals surface area contributed by atoms with Crippen molar-refractivity contribution in [2.75, 3.05) is 25.1 Å². The highest BCUT2D eigenvalue weighted by Crippen LogP contribution is 2.19. The molecule has 4 heteroatoms. The third-order valence-electron chi connectivity index (χ3n) is 3.93. The standard InChI is InChI=1S/C15H25N3O/c1-3-13(16)10-12-4-5-15(17-11-12)18-8-6-14(19-2)7-9-18/h4-5,11,13-14H,3,6-10,16H2,1-2H3. The molecule has 2 heterocycles. The van der Waals surface area contributed by atoms with Crippen molar-refractivity contribution >= 4 is 5.82 Å². The predicted molar refractivity (Wildman–Crippen MR) is 78.5 cm³/mol. The summed E-state index contributed by atoms with van der Waals surface area (Å²) in [6.45, 7) is 4.17. The van der Waals surface area contributed by atoms with Crippen LogP contribution in [0.1, 0.15) is 31.7 Å². The van der Waals surface area contributed by atoms with Crippen LogP contribution in [0.5, 0.6) is 0 Å². The van der Waals surface area contributed by atoms with E-state index in [4.69, 9.17) is 10.5 Å². The van der Waals surface area contributed by atoms with Gasteiger partial charge in [0.2, 0.25) is 0 Å². The number of nitrogens with two attached hydrogens (primary N) is 1. The van der Waals surface area contributed by atoms with E-state index in [1.165, 1.54) is 5.56 Å². The average Bonchev–Trinajstić information content (AvgIpc) is 2.48. The summed E-state index contributed by atoms with van der Waals surface area (Å²) in [5.41, 5.74) is 7.19. The summed E-state index contributed by atoms with van der Waals surface area (Å²) in [6, 6.07) is 4.51. The fraction of sp³-hybridized carbons (Fsp3) is 0.667. The molecule has 1 atom stereocenters. The van der Waals surface area contributed by atoms with Crippen molar-refractivity contribution in [2.24, 2.45) is 5.73 Å². The molecule has 0 spiro atoms. The van der Waals surface area contributed by atoms with Gasteiger partial charge in [-0.15, -0.1) is 0 Å². The normalized spacial score (nSPS) is 18.6. The maximum atomic E-state index is 5.96. The second-order valence-electron chi connectivity index (χ2n) is 5.32. The fourth-order valence-corrected chi connectivity index (χ4v) is 2.49. The van der Waals surface area contributed by atoms with Gasteiger partial charge in [0.25, 0.3) is 0 Å². The Labute approximate surface area is 116 Å². The highest BCUT2D eigenvalue weighted by molar-refractivity contribution is 5.39. The number of nitrogens with zero attached hydrogens (tertiary/aromatic N) is 2. The zero-order valence-electron chi connectivity index (χ0n) is 12.0. The molecular weight excluding hydrogens is 238 g/mol. The number of hydrogen-bond donors (Lipinski definition) is 1. The zero-order chi connectivity index (χ0) is 13.7. The highest BCUT2D eigenvalue weighted by atomic mass is 16.5. The van der Waals surface area contributed by atoms with Gasteiger partial charge >= 0.3 is 0 Å². The Morgan fingerprint density at radius 2 is 2.16 bits per heavy atom. The Balaban J connectivity index is 1.91. The van der Waals surface area contributed by atoms with Crippen LogP contribution in [0.15, 0.2) is 18.3 Å². The van der Waals surface area contributed by atoms with Gasteiger partial charge < -0.3 is 15.4 Å². The summed E-state index contributed by atoms with van der Waals surface area (Å²) in [5.74, 6) is 1.07. The van der Waals surface area contributed by atoms with Crippen LogP contribution >= 0.6 is 0 Å². The molecule has 19 heavy (non-hydrogen) atoms. The molecule has 1 aliphatic heterocycles. The van der Waals surface area contributed by atoms with Gasteiger partial charge in [0.05, 0.1) is 6.10 Å². The number of hydrogen-bond acceptors (Lipinski definition) is 4. The summed E-state index contributed by atoms with van der Waals surface area (Å²) in [5, 5.41) is 0. The predicted octanol–water partition coefficient (Wildman–Crippen LogP) is 1.98. The Kier molecular flexibility index (Phi) is 5.16. The summed E-state index contributed by atoms with van der Waals surface area (Å²) >= 11 is 0. The van der Waals surface area contributed by atoms with E-state index >= 15 is 0 Å². The molecule has 1 unspecified atom stereocenters. The smallest absolute Gasteiger partial charge is 0.128 e. The Morgan fingerprint density at radius 3 is 2.68 bits per heavy atom. The second-order valence-corrected chi connectivity index (χ2v) is 5.32. The molecule has 2 N–H and O–H groups in total. The van der Waals surface area contributed by atoms with Crippen molar-refractivity contribution in [3.05, 3.63) is 23.9 Å². The first-order chi connectivity index (χ1) is 9.22. The van der Waals surface area contributed by atoms with Crippen LogP contribution in [0, 0.1) is 0 Å². The van der Waals surface area contributed by atoms with E-state index in [9.17, 15) is 0 Å². The third kappa shape index (κ3) is 3.91. The van der Waals surface area contributed by atoms with E-state index in [0.29, 0.717) is 6.10 Å². The fourth-order valence-electron chi connectivity index (χ4n) is 2.49. The number of piperidine rings is 1. The Bertz CT molecular complexity index is 371. The molecule has 1 saturated heterocycles. The number of ether oxygens (including phenoxy) is 1. The van der Waals surface area contributed by atoms with Crippen LogP contribution in [0.3, 0.4) is 0 Å². The second kappa shape index (κ2) is 6.87. The van der Waals surface area contributed by atoms with Crippen molar-refractivity contribution in [1.82, 2.24) is 4.98 Å². The van der Waals surface area contributed by atoms with E-state index in [1.807, 2.05) is 6.20 Å². The van der Waals surface area contributed by atoms with E-state index < -0.39 is 0 Å². The number of methoxy groups -OCH3 is 1. The first-order valence-corrected chi connectivity index (χ1v) is 7.21. The minimum absolute atomic E-state index is 0.241. The molecule has 0 saturated carbocycles. The quantitative estimate of drug-likeness (QED) is 0.882. The van der Waals surface area contributed by atoms with Crippen molar-refractivity contribution in [1.29, 1.82) is 0 Å². The van der Waals surface area contributed by atoms with Crippen molar-refractivity contribution in [3.63, 3.8) is 0 Å². The molecule has 0 aromatic carbocycles. The van der Waals surface area contributed by atoms with Crippen LogP contribution in [0.2, 0.25) is 0 Å². The van der Waals surface area contributed by atoms with E-state index in [2.05, 4.69) is 28.9 Å². The van der Waals surface area contributed by atoms with E-state index in [-0.39, 0.29) is 6.04 Å². The van der Waals surface area contributed by atoms with Gasteiger partial charge in [-0.1, -0.05) is 13.0 Å². The summed E-state index contributed by atoms with van der Waals surface area (Å²) in [7, 11) is 1.80. The van der Waals surface area contributed by atoms with E-state index in [1.54, 1.807) is 7.11 Å². The monoisotopic (exact) mass is 263 g/mol. The van der Waals surface area contributed by atoms with Crippen LogP contribution < -0.4 is 10.6 Å². The lowest BCUT2D eigenvalue weighted by atomic mass is 10.1. The van der Waals surface area contributed by atoms with Crippen LogP contribution in [-0.2, 0) is 11.2 Å². The summed E-state index contributed by atoms with van der Waals surface area (Å²) in [6.07, 6.45) is 6.47. The lowest BCUT2D eigenvalue weighted by Crippen LogP contribution is -2.37. The molecule has 0 aliphatic carbocycles. The molecule has 2 rings (SSSR count). The van der Waals surface area contributed by atoms with Gasteiger partial charge in [0.1, 0.15) is 5.82 Å². The molecule has 1 aliphatic rings. The molecule has 0 amide bonds. The molecule has 1 aromatic rings. The van der Waals surface area contributed by atoms with Crippen molar-refractivity contribution < 1.29 is 4.74 Å². The number of aromatic nitrogens is 1. The number of anilines is 1. The number of rotatable bonds is 5. The lowest BCUT2D eigenvalue weighted by Gasteiger charge is -2.32. The molecule has 106 valence electrons. The van der Waals surface area contributed by atoms with Crippen molar-refractivity contribution in [2.45, 2.75) is 44.8 Å². The maximum absolute atomic E-state index is 5.96. The first kappa shape index (κ1) is 14.3. The molecule has 1 aromatic heterocycles. The van der Waals surface area contributed by atoms with Gasteiger partial charge in [-0.25, -0.2) is 4.98 Å². The molecule has 4 nitrogen and oxygen atoms in total. The molecule has 0 bridgehead atoms. The lowest BCUT2D eigenvalue weighted by molar-refractivity contribution is 0.0818. The summed E-state index contributed by atoms with van der Waals surface area (Å²) < 4.78 is 5.39.